The number of rotatable bonds is 4. The largest absolute Gasteiger partial charge is 0.366 e. The van der Waals surface area contributed by atoms with Crippen molar-refractivity contribution in [2.24, 2.45) is 5.92 Å². The van der Waals surface area contributed by atoms with Crippen molar-refractivity contribution in [3.8, 4) is 0 Å². The smallest absolute Gasteiger partial charge is 0.227 e. The van der Waals surface area contributed by atoms with Crippen molar-refractivity contribution >= 4 is 23.4 Å². The lowest BCUT2D eigenvalue weighted by Crippen LogP contribution is -2.48. The Morgan fingerprint density at radius 2 is 1.70 bits per heavy atom. The van der Waals surface area contributed by atoms with Crippen LogP contribution in [0.4, 0.5) is 21.8 Å². The van der Waals surface area contributed by atoms with Gasteiger partial charge in [0.15, 0.2) is 0 Å². The average Bonchev–Trinajstić information content (AvgIpc) is 3.38. The zero-order valence-electron chi connectivity index (χ0n) is 19.6. The van der Waals surface area contributed by atoms with Gasteiger partial charge in [0.05, 0.1) is 17.9 Å². The van der Waals surface area contributed by atoms with Gasteiger partial charge in [0.25, 0.3) is 0 Å². The van der Waals surface area contributed by atoms with E-state index in [0.717, 1.165) is 75.0 Å². The highest BCUT2D eigenvalue weighted by atomic mass is 19.1. The van der Waals surface area contributed by atoms with E-state index in [1.165, 1.54) is 18.9 Å². The zero-order valence-corrected chi connectivity index (χ0v) is 19.6. The molecule has 176 valence electrons. The third kappa shape index (κ3) is 4.35. The first-order chi connectivity index (χ1) is 16.0. The maximum atomic E-state index is 14.2. The minimum absolute atomic E-state index is 0.178. The third-order valence-corrected chi connectivity index (χ3v) is 7.22. The maximum absolute atomic E-state index is 14.2. The lowest BCUT2D eigenvalue weighted by Gasteiger charge is -2.37. The van der Waals surface area contributed by atoms with Crippen LogP contribution in [-0.2, 0) is 17.8 Å². The molecular formula is C25H33FN6O. The van der Waals surface area contributed by atoms with Gasteiger partial charge in [-0.1, -0.05) is 25.0 Å². The highest BCUT2D eigenvalue weighted by molar-refractivity contribution is 5.79. The third-order valence-electron chi connectivity index (χ3n) is 7.22. The van der Waals surface area contributed by atoms with Gasteiger partial charge in [0, 0.05) is 64.7 Å². The molecule has 5 rings (SSSR count). The van der Waals surface area contributed by atoms with E-state index in [1.807, 2.05) is 36.0 Å². The minimum Gasteiger partial charge on any atom is -0.366 e. The van der Waals surface area contributed by atoms with Crippen molar-refractivity contribution in [1.82, 2.24) is 14.9 Å². The molecule has 2 aliphatic heterocycles. The monoisotopic (exact) mass is 452 g/mol. The summed E-state index contributed by atoms with van der Waals surface area (Å²) in [6.07, 6.45) is 5.15. The lowest BCUT2D eigenvalue weighted by atomic mass is 10.0. The van der Waals surface area contributed by atoms with Crippen LogP contribution in [0.2, 0.25) is 0 Å². The van der Waals surface area contributed by atoms with E-state index in [1.54, 1.807) is 6.07 Å². The van der Waals surface area contributed by atoms with Gasteiger partial charge >= 0.3 is 0 Å². The summed E-state index contributed by atoms with van der Waals surface area (Å²) in [6, 6.07) is 6.95. The Labute approximate surface area is 195 Å². The molecule has 7 nitrogen and oxygen atoms in total. The fourth-order valence-electron chi connectivity index (χ4n) is 5.37. The number of aromatic nitrogens is 2. The van der Waals surface area contributed by atoms with Crippen LogP contribution in [0.25, 0.3) is 0 Å². The molecule has 0 N–H and O–H groups in total. The van der Waals surface area contributed by atoms with E-state index in [9.17, 15) is 9.18 Å². The van der Waals surface area contributed by atoms with Gasteiger partial charge in [0.1, 0.15) is 11.6 Å². The number of fused-ring (bicyclic) bond motifs is 1. The molecular weight excluding hydrogens is 419 g/mol. The van der Waals surface area contributed by atoms with Gasteiger partial charge in [-0.2, -0.15) is 4.98 Å². The van der Waals surface area contributed by atoms with Gasteiger partial charge in [-0.25, -0.2) is 9.37 Å². The fourth-order valence-corrected chi connectivity index (χ4v) is 5.37. The first-order valence-electron chi connectivity index (χ1n) is 12.1. The molecule has 0 spiro atoms. The van der Waals surface area contributed by atoms with Crippen LogP contribution in [0.3, 0.4) is 0 Å². The number of para-hydroxylation sites is 1. The van der Waals surface area contributed by atoms with Crippen LogP contribution < -0.4 is 14.7 Å². The first kappa shape index (κ1) is 21.9. The van der Waals surface area contributed by atoms with Crippen LogP contribution >= 0.6 is 0 Å². The summed E-state index contributed by atoms with van der Waals surface area (Å²) in [6.45, 7) is 4.26. The van der Waals surface area contributed by atoms with Crippen molar-refractivity contribution in [1.29, 1.82) is 0 Å². The summed E-state index contributed by atoms with van der Waals surface area (Å²) in [5.74, 6) is 1.95. The molecule has 0 bridgehead atoms. The van der Waals surface area contributed by atoms with Crippen LogP contribution in [0.5, 0.6) is 0 Å². The molecule has 1 saturated carbocycles. The van der Waals surface area contributed by atoms with Crippen molar-refractivity contribution < 1.29 is 9.18 Å². The fraction of sp³-hybridized carbons (Fsp3) is 0.560. The number of piperazine rings is 1. The van der Waals surface area contributed by atoms with E-state index >= 15 is 0 Å². The molecule has 8 heteroatoms. The molecule has 2 fully saturated rings. The second-order valence-electron chi connectivity index (χ2n) is 9.58. The molecule has 1 amide bonds. The molecule has 1 saturated heterocycles. The first-order valence-corrected chi connectivity index (χ1v) is 12.1. The van der Waals surface area contributed by atoms with E-state index < -0.39 is 0 Å². The molecule has 33 heavy (non-hydrogen) atoms. The Hall–Kier alpha value is -2.90. The summed E-state index contributed by atoms with van der Waals surface area (Å²) < 4.78 is 14.2. The average molecular weight is 453 g/mol. The Bertz CT molecular complexity index is 1010. The molecule has 0 radical (unpaired) electrons. The second kappa shape index (κ2) is 9.15. The van der Waals surface area contributed by atoms with Crippen LogP contribution in [0, 0.1) is 11.7 Å². The summed E-state index contributed by atoms with van der Waals surface area (Å²) in [4.78, 5) is 31.2. The number of hydrogen-bond acceptors (Lipinski definition) is 6. The minimum atomic E-state index is -0.178. The highest BCUT2D eigenvalue weighted by Gasteiger charge is 2.32. The van der Waals surface area contributed by atoms with Gasteiger partial charge in [-0.15, -0.1) is 0 Å². The van der Waals surface area contributed by atoms with Crippen LogP contribution in [0.15, 0.2) is 24.3 Å². The SMILES string of the molecule is CN(C)c1nc(N2CCN(c3ccccc3F)CC2)nc2c1CN(C(=O)C1CCCC1)CC2. The van der Waals surface area contributed by atoms with Crippen molar-refractivity contribution in [2.45, 2.75) is 38.6 Å². The predicted molar refractivity (Wildman–Crippen MR) is 128 cm³/mol. The Kier molecular flexibility index (Phi) is 6.08. The number of carbonyl (C=O) groups excluding carboxylic acids is 1. The molecule has 1 aromatic carbocycles. The molecule has 1 aliphatic carbocycles. The molecule has 1 aromatic heterocycles. The van der Waals surface area contributed by atoms with E-state index in [2.05, 4.69) is 9.80 Å². The predicted octanol–water partition coefficient (Wildman–Crippen LogP) is 3.08. The van der Waals surface area contributed by atoms with Gasteiger partial charge in [-0.3, -0.25) is 4.79 Å². The van der Waals surface area contributed by atoms with Gasteiger partial charge in [0.2, 0.25) is 11.9 Å². The van der Waals surface area contributed by atoms with E-state index in [4.69, 9.17) is 9.97 Å². The van der Waals surface area contributed by atoms with Crippen molar-refractivity contribution in [2.75, 3.05) is 61.5 Å². The van der Waals surface area contributed by atoms with Crippen LogP contribution in [0.1, 0.15) is 36.9 Å². The second-order valence-corrected chi connectivity index (χ2v) is 9.58. The number of halogens is 1. The van der Waals surface area contributed by atoms with E-state index in [0.29, 0.717) is 18.1 Å². The summed E-state index contributed by atoms with van der Waals surface area (Å²) >= 11 is 0. The Balaban J connectivity index is 1.33. The quantitative estimate of drug-likeness (QED) is 0.711. The standard InChI is InChI=1S/C25H33FN6O/c1-29(2)23-19-17-32(24(33)18-7-3-4-8-18)12-11-21(19)27-25(28-23)31-15-13-30(14-16-31)22-10-6-5-9-20(22)26/h5-6,9-10,18H,3-4,7-8,11-17H2,1-2H3. The molecule has 3 heterocycles. The van der Waals surface area contributed by atoms with Crippen molar-refractivity contribution in [3.63, 3.8) is 0 Å². The normalized spacial score (nSPS) is 19.1. The van der Waals surface area contributed by atoms with E-state index in [-0.39, 0.29) is 11.7 Å². The van der Waals surface area contributed by atoms with Gasteiger partial charge < -0.3 is 19.6 Å². The number of hydrogen-bond donors (Lipinski definition) is 0. The molecule has 3 aliphatic rings. The number of anilines is 3. The number of carbonyl (C=O) groups is 1. The maximum Gasteiger partial charge on any atom is 0.227 e. The summed E-state index contributed by atoms with van der Waals surface area (Å²) in [5.41, 5.74) is 2.78. The van der Waals surface area contributed by atoms with Gasteiger partial charge in [-0.05, 0) is 25.0 Å². The number of benzene rings is 1. The zero-order chi connectivity index (χ0) is 22.9. The van der Waals surface area contributed by atoms with Crippen LogP contribution in [-0.4, -0.2) is 67.6 Å². The van der Waals surface area contributed by atoms with Crippen molar-refractivity contribution in [3.05, 3.63) is 41.3 Å². The summed E-state index contributed by atoms with van der Waals surface area (Å²) in [5, 5.41) is 0. The molecule has 0 unspecified atom stereocenters. The molecule has 2 aromatic rings. The molecule has 0 atom stereocenters. The Morgan fingerprint density at radius 1 is 1.00 bits per heavy atom. The Morgan fingerprint density at radius 3 is 2.39 bits per heavy atom. The summed E-state index contributed by atoms with van der Waals surface area (Å²) in [7, 11) is 4.00. The number of amides is 1. The highest BCUT2D eigenvalue weighted by Crippen LogP contribution is 2.32. The lowest BCUT2D eigenvalue weighted by molar-refractivity contribution is -0.136. The number of nitrogens with zero attached hydrogens (tertiary/aromatic N) is 6. The topological polar surface area (TPSA) is 55.8 Å².